The van der Waals surface area contributed by atoms with Gasteiger partial charge < -0.3 is 10.4 Å². The van der Waals surface area contributed by atoms with Gasteiger partial charge in [-0.05, 0) is 41.6 Å². The predicted molar refractivity (Wildman–Crippen MR) is 82.1 cm³/mol. The highest BCUT2D eigenvalue weighted by Gasteiger charge is 2.24. The van der Waals surface area contributed by atoms with Crippen LogP contribution >= 0.6 is 15.9 Å². The van der Waals surface area contributed by atoms with Crippen LogP contribution in [0.2, 0.25) is 0 Å². The summed E-state index contributed by atoms with van der Waals surface area (Å²) in [5.41, 5.74) is 2.32. The van der Waals surface area contributed by atoms with Gasteiger partial charge in [0, 0.05) is 25.7 Å². The average molecular weight is 332 g/mol. The molecule has 0 aromatic carbocycles. The molecule has 1 atom stereocenters. The molecule has 19 heavy (non-hydrogen) atoms. The molecule has 1 aromatic rings. The summed E-state index contributed by atoms with van der Waals surface area (Å²) in [6, 6.07) is 0.282. The number of hydrogen-bond acceptors (Lipinski definition) is 3. The molecule has 0 aliphatic carbocycles. The minimum absolute atomic E-state index is 0.126. The second kappa shape index (κ2) is 6.86. The van der Waals surface area contributed by atoms with Crippen molar-refractivity contribution in [3.63, 3.8) is 0 Å². The van der Waals surface area contributed by atoms with E-state index in [1.54, 1.807) is 0 Å². The summed E-state index contributed by atoms with van der Waals surface area (Å²) in [4.78, 5) is 0. The van der Waals surface area contributed by atoms with E-state index in [0.29, 0.717) is 0 Å². The molecule has 0 saturated heterocycles. The fourth-order valence-electron chi connectivity index (χ4n) is 2.23. The second-order valence-corrected chi connectivity index (χ2v) is 6.77. The van der Waals surface area contributed by atoms with Gasteiger partial charge in [0.05, 0.1) is 15.9 Å². The van der Waals surface area contributed by atoms with E-state index in [4.69, 9.17) is 0 Å². The molecule has 1 rings (SSSR count). The Morgan fingerprint density at radius 1 is 1.42 bits per heavy atom. The van der Waals surface area contributed by atoms with Crippen LogP contribution in [0.1, 0.15) is 45.5 Å². The Bertz CT molecular complexity index is 410. The van der Waals surface area contributed by atoms with Crippen LogP contribution in [0.5, 0.6) is 0 Å². The van der Waals surface area contributed by atoms with Gasteiger partial charge in [-0.25, -0.2) is 0 Å². The summed E-state index contributed by atoms with van der Waals surface area (Å²) in [6.07, 6.45) is 0.764. The Hall–Kier alpha value is -0.390. The summed E-state index contributed by atoms with van der Waals surface area (Å²) < 4.78 is 3.10. The van der Waals surface area contributed by atoms with Crippen LogP contribution in [0.4, 0.5) is 0 Å². The van der Waals surface area contributed by atoms with Crippen LogP contribution < -0.4 is 5.32 Å². The van der Waals surface area contributed by atoms with Crippen molar-refractivity contribution in [3.05, 3.63) is 15.9 Å². The minimum Gasteiger partial charge on any atom is -0.396 e. The molecule has 1 unspecified atom stereocenters. The van der Waals surface area contributed by atoms with Gasteiger partial charge in [0.1, 0.15) is 0 Å². The topological polar surface area (TPSA) is 50.1 Å². The molecule has 0 radical (unpaired) electrons. The van der Waals surface area contributed by atoms with Gasteiger partial charge in [0.15, 0.2) is 0 Å². The highest BCUT2D eigenvalue weighted by Crippen LogP contribution is 2.24. The molecular formula is C14H26BrN3O. The Morgan fingerprint density at radius 3 is 2.53 bits per heavy atom. The number of aliphatic hydroxyl groups is 1. The van der Waals surface area contributed by atoms with Crippen LogP contribution in [0.3, 0.4) is 0 Å². The van der Waals surface area contributed by atoms with E-state index >= 15 is 0 Å². The summed E-state index contributed by atoms with van der Waals surface area (Å²) in [7, 11) is 0. The molecule has 0 bridgehead atoms. The van der Waals surface area contributed by atoms with Crippen LogP contribution in [0.15, 0.2) is 4.47 Å². The van der Waals surface area contributed by atoms with E-state index in [2.05, 4.69) is 54.0 Å². The first-order chi connectivity index (χ1) is 8.81. The summed E-state index contributed by atoms with van der Waals surface area (Å²) in [5.74, 6) is 0. The Balaban J connectivity index is 2.79. The first kappa shape index (κ1) is 16.7. The lowest BCUT2D eigenvalue weighted by molar-refractivity contribution is 0.195. The Labute approximate surface area is 124 Å². The van der Waals surface area contributed by atoms with E-state index in [0.717, 1.165) is 29.7 Å². The standard InChI is InChI=1S/C14H26BrN3O/c1-6-18-11(13(15)10(2)17-18)9-16-12(7-8-19)14(3,4)5/h12,16,19H,6-9H2,1-5H3. The fourth-order valence-corrected chi connectivity index (χ4v) is 2.65. The van der Waals surface area contributed by atoms with Crippen molar-refractivity contribution in [2.75, 3.05) is 6.61 Å². The molecule has 0 aliphatic rings. The maximum absolute atomic E-state index is 9.19. The number of rotatable bonds is 6. The molecule has 0 amide bonds. The fraction of sp³-hybridized carbons (Fsp3) is 0.786. The van der Waals surface area contributed by atoms with Crippen molar-refractivity contribution in [1.29, 1.82) is 0 Å². The monoisotopic (exact) mass is 331 g/mol. The second-order valence-electron chi connectivity index (χ2n) is 5.97. The van der Waals surface area contributed by atoms with Crippen LogP contribution in [-0.2, 0) is 13.1 Å². The lowest BCUT2D eigenvalue weighted by Gasteiger charge is -2.31. The molecule has 5 heteroatoms. The van der Waals surface area contributed by atoms with Crippen molar-refractivity contribution in [1.82, 2.24) is 15.1 Å². The third-order valence-electron chi connectivity index (χ3n) is 3.43. The zero-order chi connectivity index (χ0) is 14.6. The molecule has 1 heterocycles. The maximum atomic E-state index is 9.19. The number of halogens is 1. The number of aliphatic hydroxyl groups excluding tert-OH is 1. The van der Waals surface area contributed by atoms with Crippen molar-refractivity contribution in [2.24, 2.45) is 5.41 Å². The van der Waals surface area contributed by atoms with E-state index in [-0.39, 0.29) is 18.1 Å². The van der Waals surface area contributed by atoms with Crippen molar-refractivity contribution < 1.29 is 5.11 Å². The van der Waals surface area contributed by atoms with Gasteiger partial charge in [0.25, 0.3) is 0 Å². The first-order valence-electron chi connectivity index (χ1n) is 6.87. The van der Waals surface area contributed by atoms with E-state index in [9.17, 15) is 5.11 Å². The Kier molecular flexibility index (Phi) is 6.02. The van der Waals surface area contributed by atoms with Crippen LogP contribution in [0, 0.1) is 12.3 Å². The van der Waals surface area contributed by atoms with Gasteiger partial charge in [0.2, 0.25) is 0 Å². The smallest absolute Gasteiger partial charge is 0.0739 e. The van der Waals surface area contributed by atoms with Crippen molar-refractivity contribution in [3.8, 4) is 0 Å². The summed E-state index contributed by atoms with van der Waals surface area (Å²) in [6.45, 7) is 12.5. The number of nitrogens with one attached hydrogen (secondary N) is 1. The largest absolute Gasteiger partial charge is 0.396 e. The molecule has 0 spiro atoms. The number of aromatic nitrogens is 2. The minimum atomic E-state index is 0.126. The molecule has 110 valence electrons. The first-order valence-corrected chi connectivity index (χ1v) is 7.66. The number of hydrogen-bond donors (Lipinski definition) is 2. The van der Waals surface area contributed by atoms with E-state index in [1.807, 2.05) is 11.6 Å². The summed E-state index contributed by atoms with van der Waals surface area (Å²) in [5, 5.41) is 17.2. The maximum Gasteiger partial charge on any atom is 0.0739 e. The van der Waals surface area contributed by atoms with Gasteiger partial charge in [-0.2, -0.15) is 5.10 Å². The lowest BCUT2D eigenvalue weighted by Crippen LogP contribution is -2.41. The molecule has 1 aromatic heterocycles. The predicted octanol–water partition coefficient (Wildman–Crippen LogP) is 2.86. The SMILES string of the molecule is CCn1nc(C)c(Br)c1CNC(CCO)C(C)(C)C. The van der Waals surface area contributed by atoms with Gasteiger partial charge in [-0.15, -0.1) is 0 Å². The highest BCUT2D eigenvalue weighted by atomic mass is 79.9. The third-order valence-corrected chi connectivity index (χ3v) is 4.46. The van der Waals surface area contributed by atoms with Crippen LogP contribution in [-0.4, -0.2) is 27.5 Å². The van der Waals surface area contributed by atoms with E-state index < -0.39 is 0 Å². The quantitative estimate of drug-likeness (QED) is 0.842. The zero-order valence-electron chi connectivity index (χ0n) is 12.6. The van der Waals surface area contributed by atoms with Crippen LogP contribution in [0.25, 0.3) is 0 Å². The van der Waals surface area contributed by atoms with Gasteiger partial charge in [-0.1, -0.05) is 20.8 Å². The molecule has 4 nitrogen and oxygen atoms in total. The van der Waals surface area contributed by atoms with Gasteiger partial charge in [-0.3, -0.25) is 4.68 Å². The molecule has 0 fully saturated rings. The molecule has 0 saturated carbocycles. The zero-order valence-corrected chi connectivity index (χ0v) is 14.2. The third kappa shape index (κ3) is 4.29. The molecular weight excluding hydrogens is 306 g/mol. The van der Waals surface area contributed by atoms with Gasteiger partial charge >= 0.3 is 0 Å². The lowest BCUT2D eigenvalue weighted by atomic mass is 9.85. The van der Waals surface area contributed by atoms with E-state index in [1.165, 1.54) is 5.69 Å². The summed E-state index contributed by atoms with van der Waals surface area (Å²) >= 11 is 3.61. The van der Waals surface area contributed by atoms with Crippen molar-refractivity contribution >= 4 is 15.9 Å². The highest BCUT2D eigenvalue weighted by molar-refractivity contribution is 9.10. The van der Waals surface area contributed by atoms with Crippen molar-refractivity contribution in [2.45, 2.75) is 60.2 Å². The molecule has 0 aliphatic heterocycles. The molecule has 2 N–H and O–H groups in total. The Morgan fingerprint density at radius 2 is 2.05 bits per heavy atom. The average Bonchev–Trinajstić information content (AvgIpc) is 2.59. The normalized spacial score (nSPS) is 13.8. The number of aryl methyl sites for hydroxylation is 2. The number of nitrogens with zero attached hydrogens (tertiary/aromatic N) is 2.